The summed E-state index contributed by atoms with van der Waals surface area (Å²) in [6.07, 6.45) is 1.90. The van der Waals surface area contributed by atoms with Crippen LogP contribution in [-0.2, 0) is 32.7 Å². The molecule has 0 aliphatic carbocycles. The molecule has 0 bridgehead atoms. The number of carbonyl (C=O) groups is 1. The van der Waals surface area contributed by atoms with Gasteiger partial charge in [0.25, 0.3) is 0 Å². The fraction of sp³-hybridized carbons (Fsp3) is 0.565. The van der Waals surface area contributed by atoms with E-state index >= 15 is 0 Å². The molecule has 1 aliphatic rings. The van der Waals surface area contributed by atoms with Gasteiger partial charge < -0.3 is 14.7 Å². The van der Waals surface area contributed by atoms with Crippen LogP contribution in [0.2, 0.25) is 0 Å². The molecule has 0 spiro atoms. The minimum absolute atomic E-state index is 0.0211. The first-order chi connectivity index (χ1) is 16.7. The Morgan fingerprint density at radius 2 is 2.17 bits per heavy atom. The third kappa shape index (κ3) is 6.43. The number of aliphatic hydroxyl groups is 1. The molecule has 3 rings (SSSR count). The van der Waals surface area contributed by atoms with Crippen LogP contribution < -0.4 is 0 Å². The van der Waals surface area contributed by atoms with Gasteiger partial charge in [-0.1, -0.05) is 18.2 Å². The second kappa shape index (κ2) is 11.7. The molecular formula is C23H32N6O5S. The van der Waals surface area contributed by atoms with Crippen molar-refractivity contribution >= 4 is 15.9 Å². The van der Waals surface area contributed by atoms with E-state index in [1.54, 1.807) is 28.8 Å². The van der Waals surface area contributed by atoms with Crippen LogP contribution in [0, 0.1) is 17.2 Å². The van der Waals surface area contributed by atoms with Gasteiger partial charge in [0.05, 0.1) is 53.8 Å². The van der Waals surface area contributed by atoms with Gasteiger partial charge in [-0.2, -0.15) is 9.57 Å². The van der Waals surface area contributed by atoms with Gasteiger partial charge in [0, 0.05) is 39.0 Å². The van der Waals surface area contributed by atoms with Gasteiger partial charge in [-0.05, 0) is 31.5 Å². The first kappa shape index (κ1) is 26.7. The Bertz CT molecular complexity index is 1160. The predicted octanol–water partition coefficient (Wildman–Crippen LogP) is 0.995. The predicted molar refractivity (Wildman–Crippen MR) is 126 cm³/mol. The van der Waals surface area contributed by atoms with Gasteiger partial charge in [0.1, 0.15) is 0 Å². The van der Waals surface area contributed by atoms with Crippen molar-refractivity contribution in [2.45, 2.75) is 56.9 Å². The molecule has 3 atom stereocenters. The number of amides is 1. The third-order valence-electron chi connectivity index (χ3n) is 6.25. The summed E-state index contributed by atoms with van der Waals surface area (Å²) in [6, 6.07) is 7.44. The maximum Gasteiger partial charge on any atom is 0.242 e. The quantitative estimate of drug-likeness (QED) is 0.614. The molecule has 0 saturated heterocycles. The minimum atomic E-state index is -3.89. The first-order valence-electron chi connectivity index (χ1n) is 11.5. The van der Waals surface area contributed by atoms with Crippen molar-refractivity contribution in [1.82, 2.24) is 24.2 Å². The number of nitriles is 1. The number of hydrogen-bond acceptors (Lipinski definition) is 8. The normalized spacial score (nSPS) is 21.0. The standard InChI is InChI=1S/C23H32N6O5S/c1-17-13-28(18(2)15-30)23(31)8-5-9-29-20(12-25-26-29)16-34-22(17)14-27(3)35(32,33)21-7-4-6-19(10-21)11-24/h4,6-7,10,12,17-18,22,30H,5,8-9,13-16H2,1-3H3/t17-,18+,22-/m0/s1. The van der Waals surface area contributed by atoms with Crippen LogP contribution in [0.5, 0.6) is 0 Å². The summed E-state index contributed by atoms with van der Waals surface area (Å²) in [7, 11) is -2.42. The van der Waals surface area contributed by atoms with Gasteiger partial charge >= 0.3 is 0 Å². The van der Waals surface area contributed by atoms with E-state index in [2.05, 4.69) is 10.3 Å². The van der Waals surface area contributed by atoms with E-state index in [0.717, 1.165) is 5.69 Å². The van der Waals surface area contributed by atoms with E-state index in [4.69, 9.17) is 10.00 Å². The number of carbonyl (C=O) groups excluding carboxylic acids is 1. The van der Waals surface area contributed by atoms with Crippen molar-refractivity contribution in [3.8, 4) is 6.07 Å². The first-order valence-corrected chi connectivity index (χ1v) is 13.0. The van der Waals surface area contributed by atoms with Crippen molar-refractivity contribution in [3.05, 3.63) is 41.7 Å². The summed E-state index contributed by atoms with van der Waals surface area (Å²) in [5.74, 6) is -0.339. The van der Waals surface area contributed by atoms with Gasteiger partial charge in [-0.25, -0.2) is 13.1 Å². The Morgan fingerprint density at radius 1 is 1.40 bits per heavy atom. The molecule has 0 saturated carbocycles. The van der Waals surface area contributed by atoms with Crippen molar-refractivity contribution in [1.29, 1.82) is 5.26 Å². The largest absolute Gasteiger partial charge is 0.394 e. The van der Waals surface area contributed by atoms with Crippen LogP contribution in [-0.4, -0.2) is 82.5 Å². The molecule has 0 radical (unpaired) electrons. The molecule has 35 heavy (non-hydrogen) atoms. The van der Waals surface area contributed by atoms with Crippen molar-refractivity contribution in [3.63, 3.8) is 0 Å². The molecule has 1 aromatic carbocycles. The van der Waals surface area contributed by atoms with Crippen LogP contribution in [0.25, 0.3) is 0 Å². The fourth-order valence-corrected chi connectivity index (χ4v) is 5.23. The monoisotopic (exact) mass is 504 g/mol. The molecule has 1 amide bonds. The second-order valence-electron chi connectivity index (χ2n) is 8.88. The maximum absolute atomic E-state index is 13.2. The van der Waals surface area contributed by atoms with Crippen LogP contribution in [0.15, 0.2) is 35.4 Å². The lowest BCUT2D eigenvalue weighted by atomic mass is 10.0. The van der Waals surface area contributed by atoms with Crippen molar-refractivity contribution < 1.29 is 23.1 Å². The van der Waals surface area contributed by atoms with Crippen LogP contribution >= 0.6 is 0 Å². The van der Waals surface area contributed by atoms with E-state index in [1.165, 1.54) is 29.6 Å². The second-order valence-corrected chi connectivity index (χ2v) is 10.9. The Labute approximate surface area is 205 Å². The summed E-state index contributed by atoms with van der Waals surface area (Å²) >= 11 is 0. The van der Waals surface area contributed by atoms with E-state index in [0.29, 0.717) is 25.9 Å². The van der Waals surface area contributed by atoms with Crippen LogP contribution in [0.4, 0.5) is 0 Å². The average Bonchev–Trinajstić information content (AvgIpc) is 3.30. The Balaban J connectivity index is 1.88. The zero-order chi connectivity index (χ0) is 25.6. The smallest absolute Gasteiger partial charge is 0.242 e. The molecule has 1 aromatic heterocycles. The average molecular weight is 505 g/mol. The highest BCUT2D eigenvalue weighted by Crippen LogP contribution is 2.21. The molecule has 1 aliphatic heterocycles. The molecule has 11 nitrogen and oxygen atoms in total. The van der Waals surface area contributed by atoms with E-state index in [-0.39, 0.29) is 48.1 Å². The van der Waals surface area contributed by atoms with Gasteiger partial charge in [-0.15, -0.1) is 5.10 Å². The summed E-state index contributed by atoms with van der Waals surface area (Å²) in [5, 5.41) is 26.9. The summed E-state index contributed by atoms with van der Waals surface area (Å²) < 4.78 is 35.5. The third-order valence-corrected chi connectivity index (χ3v) is 8.07. The van der Waals surface area contributed by atoms with Gasteiger partial charge in [-0.3, -0.25) is 4.79 Å². The van der Waals surface area contributed by atoms with Gasteiger partial charge in [0.15, 0.2) is 0 Å². The van der Waals surface area contributed by atoms with Gasteiger partial charge in [0.2, 0.25) is 15.9 Å². The molecule has 2 heterocycles. The van der Waals surface area contributed by atoms with E-state index in [1.807, 2.05) is 13.0 Å². The fourth-order valence-electron chi connectivity index (χ4n) is 4.00. The SMILES string of the molecule is C[C@H](CO)N1C[C@H](C)[C@H](CN(C)S(=O)(=O)c2cccc(C#N)c2)OCc2cnnn2CCCC1=O. The minimum Gasteiger partial charge on any atom is -0.394 e. The lowest BCUT2D eigenvalue weighted by molar-refractivity contribution is -0.136. The van der Waals surface area contributed by atoms with Crippen LogP contribution in [0.3, 0.4) is 0 Å². The number of aliphatic hydroxyl groups excluding tert-OH is 1. The molecule has 0 fully saturated rings. The number of nitrogens with zero attached hydrogens (tertiary/aromatic N) is 6. The zero-order valence-corrected chi connectivity index (χ0v) is 21.1. The number of sulfonamides is 1. The number of benzene rings is 1. The van der Waals surface area contributed by atoms with Crippen LogP contribution in [0.1, 0.15) is 37.9 Å². The van der Waals surface area contributed by atoms with Crippen molar-refractivity contribution in [2.24, 2.45) is 5.92 Å². The maximum atomic E-state index is 13.2. The Kier molecular flexibility index (Phi) is 8.96. The number of ether oxygens (including phenoxy) is 1. The zero-order valence-electron chi connectivity index (χ0n) is 20.2. The number of aromatic nitrogens is 3. The highest BCUT2D eigenvalue weighted by molar-refractivity contribution is 7.89. The Hall–Kier alpha value is -2.85. The Morgan fingerprint density at radius 3 is 2.89 bits per heavy atom. The molecule has 0 unspecified atom stereocenters. The highest BCUT2D eigenvalue weighted by Gasteiger charge is 2.31. The molecule has 2 aromatic rings. The number of hydrogen-bond donors (Lipinski definition) is 1. The summed E-state index contributed by atoms with van der Waals surface area (Å²) in [5.41, 5.74) is 0.992. The van der Waals surface area contributed by atoms with Crippen molar-refractivity contribution in [2.75, 3.05) is 26.7 Å². The molecule has 12 heteroatoms. The summed E-state index contributed by atoms with van der Waals surface area (Å²) in [6.45, 7) is 4.51. The number of aryl methyl sites for hydroxylation is 1. The topological polar surface area (TPSA) is 142 Å². The molecule has 1 N–H and O–H groups in total. The lowest BCUT2D eigenvalue weighted by Crippen LogP contribution is -2.47. The van der Waals surface area contributed by atoms with E-state index < -0.39 is 16.1 Å². The lowest BCUT2D eigenvalue weighted by Gasteiger charge is -2.35. The van der Waals surface area contributed by atoms with E-state index in [9.17, 15) is 18.3 Å². The molecular weight excluding hydrogens is 472 g/mol. The summed E-state index contributed by atoms with van der Waals surface area (Å²) in [4.78, 5) is 14.6. The number of likely N-dealkylation sites (N-methyl/N-ethyl adjacent to an activating group) is 1. The molecule has 190 valence electrons. The highest BCUT2D eigenvalue weighted by atomic mass is 32.2. The number of rotatable bonds is 6. The number of fused-ring (bicyclic) bond motifs is 1.